The minimum atomic E-state index is -4.54. The van der Waals surface area contributed by atoms with Crippen LogP contribution < -0.4 is 10.6 Å². The van der Waals surface area contributed by atoms with Gasteiger partial charge in [-0.25, -0.2) is 8.78 Å². The number of aliphatic hydroxyl groups is 1. The largest absolute Gasteiger partial charge is 0.416 e. The second-order valence-electron chi connectivity index (χ2n) is 4.10. The van der Waals surface area contributed by atoms with Gasteiger partial charge in [0.15, 0.2) is 0 Å². The smallest absolute Gasteiger partial charge is 0.395 e. The molecule has 0 atom stereocenters. The summed E-state index contributed by atoms with van der Waals surface area (Å²) in [5.41, 5.74) is 4.39. The monoisotopic (exact) mass is 298 g/mol. The molecule has 1 rings (SSSR count). The molecular weight excluding hydrogens is 283 g/mol. The summed E-state index contributed by atoms with van der Waals surface area (Å²) in [6.45, 7) is -1.51. The van der Waals surface area contributed by atoms with Crippen LogP contribution in [0.2, 0.25) is 0 Å². The van der Waals surface area contributed by atoms with Crippen LogP contribution in [-0.4, -0.2) is 31.2 Å². The fourth-order valence-electron chi connectivity index (χ4n) is 1.84. The molecule has 0 saturated heterocycles. The van der Waals surface area contributed by atoms with E-state index in [0.717, 1.165) is 23.1 Å². The van der Waals surface area contributed by atoms with E-state index in [-0.39, 0.29) is 30.9 Å². The Balaban J connectivity index is 3.12. The van der Waals surface area contributed by atoms with Crippen LogP contribution in [-0.2, 0) is 12.7 Å². The molecule has 0 heterocycles. The van der Waals surface area contributed by atoms with Crippen LogP contribution in [0.3, 0.4) is 0 Å². The molecule has 8 heteroatoms. The van der Waals surface area contributed by atoms with Gasteiger partial charge in [-0.1, -0.05) is 0 Å². The number of benzene rings is 1. The lowest BCUT2D eigenvalue weighted by Crippen LogP contribution is -2.31. The molecule has 3 nitrogen and oxygen atoms in total. The van der Waals surface area contributed by atoms with Gasteiger partial charge < -0.3 is 15.7 Å². The standard InChI is InChI=1S/C12H15F5N2O/c13-11(14)7-19(3-4-20)9-1-2-10(12(15,16)17)8(5-9)6-18/h1-2,5,11,20H,3-4,6-7,18H2. The topological polar surface area (TPSA) is 49.5 Å². The van der Waals surface area contributed by atoms with Crippen molar-refractivity contribution in [1.82, 2.24) is 0 Å². The lowest BCUT2D eigenvalue weighted by atomic mass is 10.1. The van der Waals surface area contributed by atoms with E-state index < -0.39 is 24.7 Å². The summed E-state index contributed by atoms with van der Waals surface area (Å²) < 4.78 is 62.9. The van der Waals surface area contributed by atoms with Gasteiger partial charge in [0.25, 0.3) is 6.43 Å². The number of alkyl halides is 5. The zero-order valence-corrected chi connectivity index (χ0v) is 10.5. The van der Waals surface area contributed by atoms with E-state index in [1.54, 1.807) is 0 Å². The maximum atomic E-state index is 12.7. The number of rotatable bonds is 6. The highest BCUT2D eigenvalue weighted by molar-refractivity contribution is 5.52. The molecule has 114 valence electrons. The summed E-state index contributed by atoms with van der Waals surface area (Å²) in [4.78, 5) is 1.12. The van der Waals surface area contributed by atoms with Crippen molar-refractivity contribution in [1.29, 1.82) is 0 Å². The van der Waals surface area contributed by atoms with E-state index >= 15 is 0 Å². The van der Waals surface area contributed by atoms with E-state index in [1.165, 1.54) is 0 Å². The molecule has 3 N–H and O–H groups in total. The molecule has 0 radical (unpaired) electrons. The number of nitrogens with zero attached hydrogens (tertiary/aromatic N) is 1. The molecule has 0 bridgehead atoms. The van der Waals surface area contributed by atoms with Gasteiger partial charge in [0.1, 0.15) is 0 Å². The van der Waals surface area contributed by atoms with E-state index in [9.17, 15) is 22.0 Å². The lowest BCUT2D eigenvalue weighted by molar-refractivity contribution is -0.138. The number of anilines is 1. The van der Waals surface area contributed by atoms with Crippen LogP contribution >= 0.6 is 0 Å². The Bertz CT molecular complexity index is 436. The molecule has 1 aromatic carbocycles. The molecule has 0 aliphatic heterocycles. The Hall–Kier alpha value is -1.41. The molecule has 0 unspecified atom stereocenters. The molecule has 0 aliphatic carbocycles. The normalized spacial score (nSPS) is 12.0. The molecule has 20 heavy (non-hydrogen) atoms. The van der Waals surface area contributed by atoms with Gasteiger partial charge in [-0.2, -0.15) is 13.2 Å². The first kappa shape index (κ1) is 16.6. The quantitative estimate of drug-likeness (QED) is 0.792. The van der Waals surface area contributed by atoms with Gasteiger partial charge in [0, 0.05) is 18.8 Å². The summed E-state index contributed by atoms with van der Waals surface area (Å²) in [7, 11) is 0. The van der Waals surface area contributed by atoms with Gasteiger partial charge in [0.2, 0.25) is 0 Å². The lowest BCUT2D eigenvalue weighted by Gasteiger charge is -2.25. The highest BCUT2D eigenvalue weighted by atomic mass is 19.4. The van der Waals surface area contributed by atoms with Crippen molar-refractivity contribution in [2.75, 3.05) is 24.6 Å². The number of hydrogen-bond acceptors (Lipinski definition) is 3. The highest BCUT2D eigenvalue weighted by Gasteiger charge is 2.33. The fourth-order valence-corrected chi connectivity index (χ4v) is 1.84. The second kappa shape index (κ2) is 6.85. The molecule has 0 fully saturated rings. The van der Waals surface area contributed by atoms with Crippen LogP contribution in [0.15, 0.2) is 18.2 Å². The summed E-state index contributed by atoms with van der Waals surface area (Å²) in [5.74, 6) is 0. The number of halogens is 5. The first-order chi connectivity index (χ1) is 9.29. The molecule has 0 saturated carbocycles. The van der Waals surface area contributed by atoms with Crippen molar-refractivity contribution >= 4 is 5.69 Å². The van der Waals surface area contributed by atoms with E-state index in [4.69, 9.17) is 10.8 Å². The van der Waals surface area contributed by atoms with Gasteiger partial charge in [-0.3, -0.25) is 0 Å². The predicted molar refractivity (Wildman–Crippen MR) is 64.6 cm³/mol. The second-order valence-corrected chi connectivity index (χ2v) is 4.10. The molecule has 0 amide bonds. The maximum Gasteiger partial charge on any atom is 0.416 e. The van der Waals surface area contributed by atoms with Crippen molar-refractivity contribution in [2.24, 2.45) is 5.73 Å². The first-order valence-electron chi connectivity index (χ1n) is 5.83. The van der Waals surface area contributed by atoms with E-state index in [2.05, 4.69) is 0 Å². The van der Waals surface area contributed by atoms with Crippen LogP contribution in [0, 0.1) is 0 Å². The number of aliphatic hydroxyl groups excluding tert-OH is 1. The minimum absolute atomic E-state index is 0.0975. The molecular formula is C12H15F5N2O. The average molecular weight is 298 g/mol. The van der Waals surface area contributed by atoms with Crippen LogP contribution in [0.1, 0.15) is 11.1 Å². The SMILES string of the molecule is NCc1cc(N(CCO)CC(F)F)ccc1C(F)(F)F. The van der Waals surface area contributed by atoms with Gasteiger partial charge >= 0.3 is 6.18 Å². The zero-order chi connectivity index (χ0) is 15.3. The summed E-state index contributed by atoms with van der Waals surface area (Å²) >= 11 is 0. The third kappa shape index (κ3) is 4.31. The van der Waals surface area contributed by atoms with Crippen molar-refractivity contribution in [2.45, 2.75) is 19.1 Å². The van der Waals surface area contributed by atoms with Gasteiger partial charge in [-0.15, -0.1) is 0 Å². The Labute approximate surface area is 112 Å². The third-order valence-electron chi connectivity index (χ3n) is 2.71. The molecule has 0 aromatic heterocycles. The van der Waals surface area contributed by atoms with Gasteiger partial charge in [-0.05, 0) is 23.8 Å². The van der Waals surface area contributed by atoms with Gasteiger partial charge in [0.05, 0.1) is 18.7 Å². The summed E-state index contributed by atoms with van der Waals surface area (Å²) in [6, 6.07) is 3.04. The predicted octanol–water partition coefficient (Wildman–Crippen LogP) is 2.23. The highest BCUT2D eigenvalue weighted by Crippen LogP contribution is 2.34. The minimum Gasteiger partial charge on any atom is -0.395 e. The Morgan fingerprint density at radius 1 is 1.25 bits per heavy atom. The number of nitrogens with two attached hydrogens (primary N) is 1. The van der Waals surface area contributed by atoms with Crippen molar-refractivity contribution < 1.29 is 27.1 Å². The summed E-state index contributed by atoms with van der Waals surface area (Å²) in [5, 5.41) is 8.83. The third-order valence-corrected chi connectivity index (χ3v) is 2.71. The van der Waals surface area contributed by atoms with E-state index in [0.29, 0.717) is 0 Å². The molecule has 0 spiro atoms. The van der Waals surface area contributed by atoms with Crippen LogP contribution in [0.5, 0.6) is 0 Å². The first-order valence-corrected chi connectivity index (χ1v) is 5.83. The average Bonchev–Trinajstić information content (AvgIpc) is 2.36. The number of hydrogen-bond donors (Lipinski definition) is 2. The van der Waals surface area contributed by atoms with Crippen molar-refractivity contribution in [3.05, 3.63) is 29.3 Å². The maximum absolute atomic E-state index is 12.7. The van der Waals surface area contributed by atoms with Crippen LogP contribution in [0.4, 0.5) is 27.6 Å². The molecule has 0 aliphatic rings. The van der Waals surface area contributed by atoms with E-state index in [1.807, 2.05) is 0 Å². The van der Waals surface area contributed by atoms with Crippen molar-refractivity contribution in [3.8, 4) is 0 Å². The Morgan fingerprint density at radius 3 is 2.35 bits per heavy atom. The summed E-state index contributed by atoms with van der Waals surface area (Å²) in [6.07, 6.45) is -7.21. The van der Waals surface area contributed by atoms with Crippen LogP contribution in [0.25, 0.3) is 0 Å². The zero-order valence-electron chi connectivity index (χ0n) is 10.5. The Morgan fingerprint density at radius 2 is 1.90 bits per heavy atom. The Kier molecular flexibility index (Phi) is 5.70. The molecule has 1 aromatic rings. The fraction of sp³-hybridized carbons (Fsp3) is 0.500. The van der Waals surface area contributed by atoms with Crippen molar-refractivity contribution in [3.63, 3.8) is 0 Å².